The molecule has 1 amide bonds. The van der Waals surface area contributed by atoms with Gasteiger partial charge in [0.05, 0.1) is 6.10 Å². The van der Waals surface area contributed by atoms with Gasteiger partial charge >= 0.3 is 0 Å². The van der Waals surface area contributed by atoms with Gasteiger partial charge in [0, 0.05) is 13.2 Å². The summed E-state index contributed by atoms with van der Waals surface area (Å²) < 4.78 is 5.11. The summed E-state index contributed by atoms with van der Waals surface area (Å²) in [5.41, 5.74) is 4.51. The van der Waals surface area contributed by atoms with Crippen molar-refractivity contribution < 1.29 is 9.53 Å². The molecule has 0 aromatic carbocycles. The van der Waals surface area contributed by atoms with Crippen molar-refractivity contribution in [2.75, 3.05) is 7.11 Å². The average Bonchev–Trinajstić information content (AvgIpc) is 2.01. The van der Waals surface area contributed by atoms with Crippen LogP contribution in [0.15, 0.2) is 0 Å². The summed E-state index contributed by atoms with van der Waals surface area (Å²) in [6, 6.07) is 0.190. The van der Waals surface area contributed by atoms with E-state index in [0.29, 0.717) is 0 Å². The molecule has 0 saturated carbocycles. The number of carbonyl (C=O) groups is 1. The third-order valence-electron chi connectivity index (χ3n) is 2.27. The molecule has 4 heteroatoms. The molecule has 0 bridgehead atoms. The van der Waals surface area contributed by atoms with Gasteiger partial charge in [0.15, 0.2) is 0 Å². The quantitative estimate of drug-likeness (QED) is 0.650. The van der Waals surface area contributed by atoms with Gasteiger partial charge in [-0.3, -0.25) is 10.1 Å². The van der Waals surface area contributed by atoms with E-state index in [9.17, 15) is 4.79 Å². The number of carbonyl (C=O) groups excluding carboxylic acids is 1. The molecule has 2 atom stereocenters. The number of amides is 1. The SMILES string of the molecule is COC(C)C(C)(NC(C)C)C(N)=O. The second kappa shape index (κ2) is 4.58. The minimum Gasteiger partial charge on any atom is -0.379 e. The predicted octanol–water partition coefficient (Wildman–Crippen LogP) is 0.263. The van der Waals surface area contributed by atoms with Crippen LogP contribution < -0.4 is 11.1 Å². The number of methoxy groups -OCH3 is 1. The van der Waals surface area contributed by atoms with Crippen LogP contribution in [-0.2, 0) is 9.53 Å². The van der Waals surface area contributed by atoms with Crippen LogP contribution in [0.5, 0.6) is 0 Å². The largest absolute Gasteiger partial charge is 0.379 e. The molecule has 0 rings (SSSR count). The van der Waals surface area contributed by atoms with E-state index in [2.05, 4.69) is 5.32 Å². The lowest BCUT2D eigenvalue weighted by Crippen LogP contribution is -2.62. The molecule has 13 heavy (non-hydrogen) atoms. The highest BCUT2D eigenvalue weighted by molar-refractivity contribution is 5.85. The number of rotatable bonds is 5. The van der Waals surface area contributed by atoms with Crippen LogP contribution in [0.3, 0.4) is 0 Å². The lowest BCUT2D eigenvalue weighted by Gasteiger charge is -2.34. The van der Waals surface area contributed by atoms with Gasteiger partial charge in [-0.05, 0) is 27.7 Å². The van der Waals surface area contributed by atoms with E-state index < -0.39 is 11.4 Å². The smallest absolute Gasteiger partial charge is 0.240 e. The van der Waals surface area contributed by atoms with Crippen molar-refractivity contribution in [3.05, 3.63) is 0 Å². The Hall–Kier alpha value is -0.610. The first-order chi connectivity index (χ1) is 5.84. The van der Waals surface area contributed by atoms with Gasteiger partial charge < -0.3 is 10.5 Å². The van der Waals surface area contributed by atoms with E-state index in [4.69, 9.17) is 10.5 Å². The second-order valence-electron chi connectivity index (χ2n) is 3.74. The van der Waals surface area contributed by atoms with E-state index in [1.54, 1.807) is 14.0 Å². The zero-order chi connectivity index (χ0) is 10.6. The van der Waals surface area contributed by atoms with E-state index in [-0.39, 0.29) is 12.1 Å². The molecule has 78 valence electrons. The van der Waals surface area contributed by atoms with Crippen LogP contribution in [0.1, 0.15) is 27.7 Å². The second-order valence-corrected chi connectivity index (χ2v) is 3.74. The number of primary amides is 1. The Morgan fingerprint density at radius 2 is 1.92 bits per heavy atom. The fourth-order valence-corrected chi connectivity index (χ4v) is 1.22. The molecule has 0 radical (unpaired) electrons. The van der Waals surface area contributed by atoms with Crippen molar-refractivity contribution in [3.63, 3.8) is 0 Å². The fraction of sp³-hybridized carbons (Fsp3) is 0.889. The summed E-state index contributed by atoms with van der Waals surface area (Å²) in [7, 11) is 1.56. The first-order valence-corrected chi connectivity index (χ1v) is 4.45. The third-order valence-corrected chi connectivity index (χ3v) is 2.27. The van der Waals surface area contributed by atoms with Crippen LogP contribution in [-0.4, -0.2) is 30.7 Å². The van der Waals surface area contributed by atoms with Gasteiger partial charge in [-0.25, -0.2) is 0 Å². The summed E-state index contributed by atoms with van der Waals surface area (Å²) in [6.45, 7) is 7.50. The fourth-order valence-electron chi connectivity index (χ4n) is 1.22. The molecule has 2 unspecified atom stereocenters. The number of ether oxygens (including phenoxy) is 1. The molecule has 0 aromatic heterocycles. The zero-order valence-electron chi connectivity index (χ0n) is 9.05. The molecule has 0 aliphatic carbocycles. The number of nitrogens with one attached hydrogen (secondary N) is 1. The van der Waals surface area contributed by atoms with Crippen LogP contribution in [0.25, 0.3) is 0 Å². The topological polar surface area (TPSA) is 64.3 Å². The standard InChI is InChI=1S/C9H20N2O2/c1-6(2)11-9(4,8(10)12)7(3)13-5/h6-7,11H,1-5H3,(H2,10,12). The average molecular weight is 188 g/mol. The minimum atomic E-state index is -0.803. The third kappa shape index (κ3) is 2.97. The normalized spacial score (nSPS) is 18.3. The predicted molar refractivity (Wildman–Crippen MR) is 52.3 cm³/mol. The van der Waals surface area contributed by atoms with E-state index in [1.165, 1.54) is 0 Å². The van der Waals surface area contributed by atoms with E-state index in [1.807, 2.05) is 20.8 Å². The molecular formula is C9H20N2O2. The highest BCUT2D eigenvalue weighted by Gasteiger charge is 2.37. The molecule has 4 nitrogen and oxygen atoms in total. The summed E-state index contributed by atoms with van der Waals surface area (Å²) in [5.74, 6) is -0.393. The molecule has 0 aliphatic heterocycles. The van der Waals surface area contributed by atoms with Crippen molar-refractivity contribution in [1.82, 2.24) is 5.32 Å². The van der Waals surface area contributed by atoms with E-state index in [0.717, 1.165) is 0 Å². The molecule has 3 N–H and O–H groups in total. The molecule has 0 fully saturated rings. The summed E-state index contributed by atoms with van der Waals surface area (Å²) >= 11 is 0. The van der Waals surface area contributed by atoms with Gasteiger partial charge in [0.25, 0.3) is 0 Å². The van der Waals surface area contributed by atoms with Crippen LogP contribution in [0.4, 0.5) is 0 Å². The van der Waals surface area contributed by atoms with E-state index >= 15 is 0 Å². The monoisotopic (exact) mass is 188 g/mol. The highest BCUT2D eigenvalue weighted by Crippen LogP contribution is 2.13. The highest BCUT2D eigenvalue weighted by atomic mass is 16.5. The first-order valence-electron chi connectivity index (χ1n) is 4.45. The van der Waals surface area contributed by atoms with Gasteiger partial charge in [0.1, 0.15) is 5.54 Å². The van der Waals surface area contributed by atoms with Gasteiger partial charge in [-0.15, -0.1) is 0 Å². The summed E-state index contributed by atoms with van der Waals surface area (Å²) in [6.07, 6.45) is -0.243. The molecule has 0 aliphatic rings. The summed E-state index contributed by atoms with van der Waals surface area (Å²) in [5, 5.41) is 3.11. The van der Waals surface area contributed by atoms with Crippen molar-refractivity contribution in [1.29, 1.82) is 0 Å². The van der Waals surface area contributed by atoms with Crippen LogP contribution in [0.2, 0.25) is 0 Å². The molecule has 0 aromatic rings. The summed E-state index contributed by atoms with van der Waals surface area (Å²) in [4.78, 5) is 11.2. The van der Waals surface area contributed by atoms with Crippen molar-refractivity contribution in [2.45, 2.75) is 45.4 Å². The number of nitrogens with two attached hydrogens (primary N) is 1. The Balaban J connectivity index is 4.62. The maximum atomic E-state index is 11.2. The van der Waals surface area contributed by atoms with Gasteiger partial charge in [0.2, 0.25) is 5.91 Å². The Morgan fingerprint density at radius 1 is 1.46 bits per heavy atom. The first kappa shape index (κ1) is 12.4. The lowest BCUT2D eigenvalue weighted by atomic mass is 9.94. The number of hydrogen-bond donors (Lipinski definition) is 2. The zero-order valence-corrected chi connectivity index (χ0v) is 9.05. The molecular weight excluding hydrogens is 168 g/mol. The van der Waals surface area contributed by atoms with Crippen LogP contribution in [0, 0.1) is 0 Å². The van der Waals surface area contributed by atoms with Gasteiger partial charge in [-0.1, -0.05) is 0 Å². The molecule has 0 saturated heterocycles. The lowest BCUT2D eigenvalue weighted by molar-refractivity contribution is -0.129. The Kier molecular flexibility index (Phi) is 4.36. The van der Waals surface area contributed by atoms with Gasteiger partial charge in [-0.2, -0.15) is 0 Å². The molecule has 0 spiro atoms. The van der Waals surface area contributed by atoms with Crippen molar-refractivity contribution in [2.24, 2.45) is 5.73 Å². The Bertz CT molecular complexity index is 182. The van der Waals surface area contributed by atoms with Crippen molar-refractivity contribution in [3.8, 4) is 0 Å². The Morgan fingerprint density at radius 3 is 2.15 bits per heavy atom. The maximum absolute atomic E-state index is 11.2. The Labute approximate surface area is 79.8 Å². The minimum absolute atomic E-state index is 0.190. The molecule has 0 heterocycles. The number of hydrogen-bond acceptors (Lipinski definition) is 3. The van der Waals surface area contributed by atoms with Crippen LogP contribution >= 0.6 is 0 Å². The maximum Gasteiger partial charge on any atom is 0.240 e. The van der Waals surface area contributed by atoms with Crippen molar-refractivity contribution >= 4 is 5.91 Å².